The van der Waals surface area contributed by atoms with Crippen LogP contribution in [-0.2, 0) is 0 Å². The minimum Gasteiger partial charge on any atom is -0.282 e. The highest BCUT2D eigenvalue weighted by Crippen LogP contribution is 2.45. The van der Waals surface area contributed by atoms with Crippen molar-refractivity contribution < 1.29 is 0 Å². The van der Waals surface area contributed by atoms with Crippen LogP contribution in [0.15, 0.2) is 12.3 Å². The molecule has 1 fully saturated rings. The summed E-state index contributed by atoms with van der Waals surface area (Å²) in [5.74, 6) is 1.66. The Balaban J connectivity index is 2.18. The summed E-state index contributed by atoms with van der Waals surface area (Å²) < 4.78 is 0. The Kier molecular flexibility index (Phi) is 0.891. The second-order valence-electron chi connectivity index (χ2n) is 2.83. The van der Waals surface area contributed by atoms with Crippen molar-refractivity contribution in [1.29, 1.82) is 0 Å². The van der Waals surface area contributed by atoms with Crippen LogP contribution in [-0.4, -0.2) is 10.2 Å². The minimum absolute atomic E-state index is 0.785. The first-order valence-electron chi connectivity index (χ1n) is 3.37. The van der Waals surface area contributed by atoms with Crippen LogP contribution in [0.5, 0.6) is 0 Å². The molecule has 0 aromatic carbocycles. The van der Waals surface area contributed by atoms with E-state index in [0.717, 1.165) is 11.8 Å². The minimum atomic E-state index is 0.785. The van der Waals surface area contributed by atoms with Crippen molar-refractivity contribution in [3.8, 4) is 0 Å². The Labute approximate surface area is 54.3 Å². The van der Waals surface area contributed by atoms with E-state index in [4.69, 9.17) is 0 Å². The molecule has 2 atom stereocenters. The molecule has 2 rings (SSSR count). The van der Waals surface area contributed by atoms with Gasteiger partial charge in [0.1, 0.15) is 0 Å². The zero-order valence-electron chi connectivity index (χ0n) is 5.46. The molecule has 2 unspecified atom stereocenters. The van der Waals surface area contributed by atoms with Gasteiger partial charge < -0.3 is 0 Å². The van der Waals surface area contributed by atoms with Crippen molar-refractivity contribution in [1.82, 2.24) is 10.2 Å². The van der Waals surface area contributed by atoms with Crippen LogP contribution in [0.25, 0.3) is 0 Å². The van der Waals surface area contributed by atoms with Gasteiger partial charge in [-0.15, -0.1) is 0 Å². The van der Waals surface area contributed by atoms with Crippen molar-refractivity contribution in [2.75, 3.05) is 0 Å². The zero-order valence-corrected chi connectivity index (χ0v) is 5.46. The van der Waals surface area contributed by atoms with E-state index in [1.165, 1.54) is 12.1 Å². The summed E-state index contributed by atoms with van der Waals surface area (Å²) in [5, 5.41) is 6.87. The van der Waals surface area contributed by atoms with E-state index < -0.39 is 0 Å². The van der Waals surface area contributed by atoms with Gasteiger partial charge in [-0.2, -0.15) is 5.10 Å². The van der Waals surface area contributed by atoms with E-state index in [1.807, 2.05) is 6.20 Å². The van der Waals surface area contributed by atoms with Gasteiger partial charge in [0.25, 0.3) is 0 Å². The van der Waals surface area contributed by atoms with Crippen LogP contribution >= 0.6 is 0 Å². The first-order valence-corrected chi connectivity index (χ1v) is 3.37. The second-order valence-corrected chi connectivity index (χ2v) is 2.83. The number of aromatic amines is 1. The van der Waals surface area contributed by atoms with Crippen LogP contribution in [0.3, 0.4) is 0 Å². The molecule has 48 valence electrons. The molecule has 1 aromatic heterocycles. The Morgan fingerprint density at radius 1 is 1.78 bits per heavy atom. The van der Waals surface area contributed by atoms with Crippen molar-refractivity contribution in [2.45, 2.75) is 19.3 Å². The maximum Gasteiger partial charge on any atom is 0.0490 e. The number of nitrogens with zero attached hydrogens (tertiary/aromatic N) is 1. The molecule has 0 spiro atoms. The van der Waals surface area contributed by atoms with Crippen LogP contribution < -0.4 is 0 Å². The summed E-state index contributed by atoms with van der Waals surface area (Å²) in [6.45, 7) is 2.27. The maximum absolute atomic E-state index is 3.89. The highest BCUT2D eigenvalue weighted by atomic mass is 15.1. The normalized spacial score (nSPS) is 32.6. The Morgan fingerprint density at radius 2 is 2.56 bits per heavy atom. The Morgan fingerprint density at radius 3 is 3.00 bits per heavy atom. The largest absolute Gasteiger partial charge is 0.282 e. The molecule has 2 nitrogen and oxygen atoms in total. The fourth-order valence-electron chi connectivity index (χ4n) is 1.23. The molecule has 1 aliphatic carbocycles. The average Bonchev–Trinajstić information content (AvgIpc) is 2.44. The quantitative estimate of drug-likeness (QED) is 0.601. The van der Waals surface area contributed by atoms with Crippen LogP contribution in [0.2, 0.25) is 0 Å². The second kappa shape index (κ2) is 1.59. The lowest BCUT2D eigenvalue weighted by molar-refractivity contribution is 0.872. The van der Waals surface area contributed by atoms with Crippen molar-refractivity contribution in [2.24, 2.45) is 5.92 Å². The number of aromatic nitrogens is 2. The summed E-state index contributed by atoms with van der Waals surface area (Å²) >= 11 is 0. The van der Waals surface area contributed by atoms with Gasteiger partial charge in [0.2, 0.25) is 0 Å². The van der Waals surface area contributed by atoms with Gasteiger partial charge in [0.05, 0.1) is 0 Å². The highest BCUT2D eigenvalue weighted by Gasteiger charge is 2.34. The third kappa shape index (κ3) is 0.745. The maximum atomic E-state index is 3.89. The number of hydrogen-bond acceptors (Lipinski definition) is 1. The third-order valence-corrected chi connectivity index (χ3v) is 2.03. The summed E-state index contributed by atoms with van der Waals surface area (Å²) in [6, 6.07) is 2.06. The van der Waals surface area contributed by atoms with Crippen molar-refractivity contribution >= 4 is 0 Å². The number of H-pyrrole nitrogens is 1. The highest BCUT2D eigenvalue weighted by molar-refractivity contribution is 5.14. The molecule has 0 radical (unpaired) electrons. The lowest BCUT2D eigenvalue weighted by Gasteiger charge is -1.86. The van der Waals surface area contributed by atoms with Gasteiger partial charge in [0.15, 0.2) is 0 Å². The van der Waals surface area contributed by atoms with Gasteiger partial charge in [-0.05, 0) is 18.4 Å². The fourth-order valence-corrected chi connectivity index (χ4v) is 1.23. The summed E-state index contributed by atoms with van der Waals surface area (Å²) in [7, 11) is 0. The molecule has 2 heteroatoms. The first-order chi connectivity index (χ1) is 4.38. The third-order valence-electron chi connectivity index (χ3n) is 2.03. The molecular weight excluding hydrogens is 112 g/mol. The molecule has 0 amide bonds. The predicted octanol–water partition coefficient (Wildman–Crippen LogP) is 1.53. The molecule has 1 N–H and O–H groups in total. The molecule has 0 saturated heterocycles. The molecule has 1 aliphatic rings. The van der Waals surface area contributed by atoms with E-state index in [9.17, 15) is 0 Å². The number of rotatable bonds is 1. The SMILES string of the molecule is CC1CC1c1ccn[nH]1. The Hall–Kier alpha value is -0.790. The summed E-state index contributed by atoms with van der Waals surface area (Å²) in [5.41, 5.74) is 1.31. The monoisotopic (exact) mass is 122 g/mol. The smallest absolute Gasteiger partial charge is 0.0490 e. The van der Waals surface area contributed by atoms with Gasteiger partial charge >= 0.3 is 0 Å². The van der Waals surface area contributed by atoms with Gasteiger partial charge in [0, 0.05) is 17.8 Å². The van der Waals surface area contributed by atoms with Gasteiger partial charge in [-0.3, -0.25) is 5.10 Å². The summed E-state index contributed by atoms with van der Waals surface area (Å²) in [6.07, 6.45) is 3.16. The average molecular weight is 122 g/mol. The molecule has 9 heavy (non-hydrogen) atoms. The van der Waals surface area contributed by atoms with Crippen molar-refractivity contribution in [3.63, 3.8) is 0 Å². The topological polar surface area (TPSA) is 28.7 Å². The van der Waals surface area contributed by atoms with Gasteiger partial charge in [-0.25, -0.2) is 0 Å². The van der Waals surface area contributed by atoms with Crippen LogP contribution in [0.1, 0.15) is 25.0 Å². The van der Waals surface area contributed by atoms with Gasteiger partial charge in [-0.1, -0.05) is 6.92 Å². The van der Waals surface area contributed by atoms with E-state index in [2.05, 4.69) is 23.2 Å². The van der Waals surface area contributed by atoms with E-state index in [-0.39, 0.29) is 0 Å². The molecule has 0 aliphatic heterocycles. The lowest BCUT2D eigenvalue weighted by Crippen LogP contribution is -1.79. The number of hydrogen-bond donors (Lipinski definition) is 1. The molecule has 0 bridgehead atoms. The van der Waals surface area contributed by atoms with E-state index >= 15 is 0 Å². The molecular formula is C7H10N2. The lowest BCUT2D eigenvalue weighted by atomic mass is 10.2. The number of nitrogens with one attached hydrogen (secondary N) is 1. The van der Waals surface area contributed by atoms with E-state index in [0.29, 0.717) is 0 Å². The predicted molar refractivity (Wildman–Crippen MR) is 35.1 cm³/mol. The first kappa shape index (κ1) is 5.03. The molecule has 1 saturated carbocycles. The van der Waals surface area contributed by atoms with Crippen molar-refractivity contribution in [3.05, 3.63) is 18.0 Å². The van der Waals surface area contributed by atoms with Crippen LogP contribution in [0, 0.1) is 5.92 Å². The van der Waals surface area contributed by atoms with Crippen LogP contribution in [0.4, 0.5) is 0 Å². The molecule has 1 aromatic rings. The molecule has 1 heterocycles. The zero-order chi connectivity index (χ0) is 6.27. The standard InChI is InChI=1S/C7H10N2/c1-5-4-6(5)7-2-3-8-9-7/h2-3,5-6H,4H2,1H3,(H,8,9). The summed E-state index contributed by atoms with van der Waals surface area (Å²) in [4.78, 5) is 0. The fraction of sp³-hybridized carbons (Fsp3) is 0.571. The Bertz CT molecular complexity index is 191. The van der Waals surface area contributed by atoms with E-state index in [1.54, 1.807) is 0 Å².